The average molecular weight is 273 g/mol. The van der Waals surface area contributed by atoms with Gasteiger partial charge in [0.25, 0.3) is 0 Å². The number of aromatic nitrogens is 2. The van der Waals surface area contributed by atoms with Gasteiger partial charge in [0.2, 0.25) is 0 Å². The van der Waals surface area contributed by atoms with E-state index in [2.05, 4.69) is 14.9 Å². The van der Waals surface area contributed by atoms with Crippen LogP contribution in [0.3, 0.4) is 0 Å². The maximum atomic E-state index is 5.76. The van der Waals surface area contributed by atoms with E-state index in [1.807, 2.05) is 50.5 Å². The molecule has 0 spiro atoms. The third-order valence-electron chi connectivity index (χ3n) is 2.67. The second-order valence-electron chi connectivity index (χ2n) is 4.62. The molecule has 2 aromatic heterocycles. The number of rotatable bonds is 4. The molecular weight excluding hydrogens is 258 g/mol. The molecular formula is C14H15N3OS. The summed E-state index contributed by atoms with van der Waals surface area (Å²) in [5, 5.41) is 1.71. The number of nitrogens with one attached hydrogen (secondary N) is 1. The number of para-hydroxylation sites is 2. The number of nitrogens with zero attached hydrogens (tertiary/aromatic N) is 2. The zero-order valence-corrected chi connectivity index (χ0v) is 11.7. The summed E-state index contributed by atoms with van der Waals surface area (Å²) in [6.07, 6.45) is 0. The molecule has 98 valence electrons. The number of hydrogen-bond donors (Lipinski definition) is 1. The number of benzene rings is 1. The van der Waals surface area contributed by atoms with Crippen molar-refractivity contribution in [3.8, 4) is 0 Å². The molecule has 5 heteroatoms. The highest BCUT2D eigenvalue weighted by Crippen LogP contribution is 2.28. The van der Waals surface area contributed by atoms with Crippen molar-refractivity contribution in [1.82, 2.24) is 14.9 Å². The van der Waals surface area contributed by atoms with Crippen molar-refractivity contribution in [2.45, 2.75) is 16.8 Å². The summed E-state index contributed by atoms with van der Waals surface area (Å²) in [4.78, 5) is 9.87. The second-order valence-corrected chi connectivity index (χ2v) is 5.61. The van der Waals surface area contributed by atoms with Crippen molar-refractivity contribution in [3.05, 3.63) is 42.2 Å². The van der Waals surface area contributed by atoms with Crippen LogP contribution in [0.25, 0.3) is 11.0 Å². The first-order valence-corrected chi connectivity index (χ1v) is 6.88. The topological polar surface area (TPSA) is 45.1 Å². The number of fused-ring (bicyclic) bond motifs is 1. The smallest absolute Gasteiger partial charge is 0.174 e. The maximum absolute atomic E-state index is 5.76. The first kappa shape index (κ1) is 12.3. The van der Waals surface area contributed by atoms with Crippen LogP contribution >= 0.6 is 11.8 Å². The van der Waals surface area contributed by atoms with Crippen molar-refractivity contribution in [3.63, 3.8) is 0 Å². The Labute approximate surface area is 115 Å². The van der Waals surface area contributed by atoms with Crippen molar-refractivity contribution in [2.24, 2.45) is 0 Å². The van der Waals surface area contributed by atoms with Gasteiger partial charge in [-0.25, -0.2) is 4.98 Å². The zero-order chi connectivity index (χ0) is 13.2. The molecule has 0 bridgehead atoms. The molecule has 0 unspecified atom stereocenters. The van der Waals surface area contributed by atoms with Crippen molar-refractivity contribution >= 4 is 22.8 Å². The molecule has 0 aliphatic heterocycles. The lowest BCUT2D eigenvalue weighted by Crippen LogP contribution is -2.09. The second kappa shape index (κ2) is 5.11. The molecule has 1 N–H and O–H groups in total. The van der Waals surface area contributed by atoms with E-state index in [0.29, 0.717) is 0 Å². The molecule has 0 amide bonds. The van der Waals surface area contributed by atoms with Crippen molar-refractivity contribution < 1.29 is 4.42 Å². The van der Waals surface area contributed by atoms with Gasteiger partial charge < -0.3 is 14.3 Å². The fourth-order valence-corrected chi connectivity index (χ4v) is 2.66. The Morgan fingerprint density at radius 1 is 1.21 bits per heavy atom. The molecule has 3 aromatic rings. The summed E-state index contributed by atoms with van der Waals surface area (Å²) in [6, 6.07) is 12.0. The van der Waals surface area contributed by atoms with Crippen LogP contribution in [-0.2, 0) is 6.54 Å². The van der Waals surface area contributed by atoms with Crippen LogP contribution in [0.5, 0.6) is 0 Å². The minimum atomic E-state index is 0.806. The van der Waals surface area contributed by atoms with E-state index in [1.165, 1.54) is 11.8 Å². The first-order valence-electron chi connectivity index (χ1n) is 6.07. The monoisotopic (exact) mass is 273 g/mol. The number of H-pyrrole nitrogens is 1. The van der Waals surface area contributed by atoms with Gasteiger partial charge in [-0.3, -0.25) is 0 Å². The molecule has 0 aliphatic carbocycles. The normalized spacial score (nSPS) is 11.5. The predicted octanol–water partition coefficient (Wildman–Crippen LogP) is 3.37. The van der Waals surface area contributed by atoms with Gasteiger partial charge in [-0.2, -0.15) is 0 Å². The molecule has 0 atom stereocenters. The molecule has 2 heterocycles. The molecule has 0 saturated heterocycles. The Morgan fingerprint density at radius 2 is 2.05 bits per heavy atom. The van der Waals surface area contributed by atoms with E-state index in [1.54, 1.807) is 0 Å². The summed E-state index contributed by atoms with van der Waals surface area (Å²) in [5.74, 6) is 0.962. The third kappa shape index (κ3) is 2.83. The van der Waals surface area contributed by atoms with Gasteiger partial charge >= 0.3 is 0 Å². The lowest BCUT2D eigenvalue weighted by molar-refractivity contribution is 0.329. The Bertz CT molecular complexity index is 654. The van der Waals surface area contributed by atoms with E-state index < -0.39 is 0 Å². The zero-order valence-electron chi connectivity index (χ0n) is 10.9. The molecule has 0 radical (unpaired) electrons. The fourth-order valence-electron chi connectivity index (χ4n) is 1.88. The minimum Gasteiger partial charge on any atom is -0.453 e. The molecule has 3 rings (SSSR count). The molecule has 0 fully saturated rings. The Balaban J connectivity index is 1.78. The van der Waals surface area contributed by atoms with E-state index in [0.717, 1.165) is 33.6 Å². The number of imidazole rings is 1. The van der Waals surface area contributed by atoms with Gasteiger partial charge in [0.15, 0.2) is 10.2 Å². The third-order valence-corrected chi connectivity index (χ3v) is 3.48. The van der Waals surface area contributed by atoms with Crippen molar-refractivity contribution in [1.29, 1.82) is 0 Å². The van der Waals surface area contributed by atoms with Crippen LogP contribution in [0.2, 0.25) is 0 Å². The van der Waals surface area contributed by atoms with Gasteiger partial charge in [0.05, 0.1) is 17.6 Å². The van der Waals surface area contributed by atoms with Gasteiger partial charge in [0.1, 0.15) is 5.76 Å². The number of furan rings is 1. The molecule has 19 heavy (non-hydrogen) atoms. The summed E-state index contributed by atoms with van der Waals surface area (Å²) in [6.45, 7) is 0.806. The van der Waals surface area contributed by atoms with E-state index in [9.17, 15) is 0 Å². The highest BCUT2D eigenvalue weighted by molar-refractivity contribution is 7.99. The van der Waals surface area contributed by atoms with Crippen LogP contribution < -0.4 is 0 Å². The van der Waals surface area contributed by atoms with Gasteiger partial charge in [-0.05, 0) is 50.1 Å². The fraction of sp³-hybridized carbons (Fsp3) is 0.214. The van der Waals surface area contributed by atoms with E-state index >= 15 is 0 Å². The summed E-state index contributed by atoms with van der Waals surface area (Å²) in [5.41, 5.74) is 2.02. The highest BCUT2D eigenvalue weighted by atomic mass is 32.2. The Kier molecular flexibility index (Phi) is 3.31. The summed E-state index contributed by atoms with van der Waals surface area (Å²) in [7, 11) is 4.04. The van der Waals surface area contributed by atoms with Crippen LogP contribution in [-0.4, -0.2) is 29.0 Å². The number of aromatic amines is 1. The summed E-state index contributed by atoms with van der Waals surface area (Å²) >= 11 is 1.51. The van der Waals surface area contributed by atoms with Crippen LogP contribution in [0.15, 0.2) is 51.1 Å². The predicted molar refractivity (Wildman–Crippen MR) is 76.3 cm³/mol. The van der Waals surface area contributed by atoms with E-state index in [-0.39, 0.29) is 0 Å². The largest absolute Gasteiger partial charge is 0.453 e. The van der Waals surface area contributed by atoms with Crippen LogP contribution in [0.1, 0.15) is 5.76 Å². The first-order chi connectivity index (χ1) is 9.20. The minimum absolute atomic E-state index is 0.806. The maximum Gasteiger partial charge on any atom is 0.174 e. The van der Waals surface area contributed by atoms with E-state index in [4.69, 9.17) is 4.42 Å². The lowest BCUT2D eigenvalue weighted by atomic mass is 10.3. The molecule has 0 aliphatic rings. The van der Waals surface area contributed by atoms with Crippen molar-refractivity contribution in [2.75, 3.05) is 14.1 Å². The quantitative estimate of drug-likeness (QED) is 0.791. The van der Waals surface area contributed by atoms with Gasteiger partial charge in [-0.15, -0.1) is 0 Å². The van der Waals surface area contributed by atoms with Crippen LogP contribution in [0.4, 0.5) is 0 Å². The SMILES string of the molecule is CN(C)Cc1ccc(Sc2nc3ccccc3[nH]2)o1. The highest BCUT2D eigenvalue weighted by Gasteiger charge is 2.08. The Hall–Kier alpha value is -1.72. The van der Waals surface area contributed by atoms with Gasteiger partial charge in [0, 0.05) is 0 Å². The Morgan fingerprint density at radius 3 is 2.84 bits per heavy atom. The lowest BCUT2D eigenvalue weighted by Gasteiger charge is -2.05. The van der Waals surface area contributed by atoms with Crippen LogP contribution in [0, 0.1) is 0 Å². The standard InChI is InChI=1S/C14H15N3OS/c1-17(2)9-10-7-8-13(18-10)19-14-15-11-5-3-4-6-12(11)16-14/h3-8H,9H2,1-2H3,(H,15,16). The van der Waals surface area contributed by atoms with Gasteiger partial charge in [-0.1, -0.05) is 12.1 Å². The average Bonchev–Trinajstić information content (AvgIpc) is 2.94. The number of hydrogen-bond acceptors (Lipinski definition) is 4. The summed E-state index contributed by atoms with van der Waals surface area (Å²) < 4.78 is 5.76. The molecule has 4 nitrogen and oxygen atoms in total. The molecule has 0 saturated carbocycles. The molecule has 1 aromatic carbocycles.